The summed E-state index contributed by atoms with van der Waals surface area (Å²) in [6.45, 7) is 0.984. The Balaban J connectivity index is 1.99. The summed E-state index contributed by atoms with van der Waals surface area (Å²) >= 11 is 0. The molecule has 1 saturated heterocycles. The zero-order chi connectivity index (χ0) is 23.3. The zero-order valence-corrected chi connectivity index (χ0v) is 16.8. The van der Waals surface area contributed by atoms with E-state index in [0.29, 0.717) is 11.1 Å². The van der Waals surface area contributed by atoms with Crippen LogP contribution >= 0.6 is 0 Å². The number of aliphatic hydroxyl groups is 4. The maximum Gasteiger partial charge on any atom is 0.197 e. The van der Waals surface area contributed by atoms with Gasteiger partial charge in [0.2, 0.25) is 0 Å². The normalized spacial score (nSPS) is 25.8. The molecule has 4 rings (SSSR count). The smallest absolute Gasteiger partial charge is 0.197 e. The second-order valence-corrected chi connectivity index (χ2v) is 7.76. The van der Waals surface area contributed by atoms with Crippen LogP contribution in [-0.2, 0) is 4.74 Å². The monoisotopic (exact) mass is 446 g/mol. The van der Waals surface area contributed by atoms with E-state index in [1.807, 2.05) is 0 Å². The Labute approximate surface area is 180 Å². The molecule has 0 bridgehead atoms. The van der Waals surface area contributed by atoms with Crippen molar-refractivity contribution in [2.24, 2.45) is 0 Å². The van der Waals surface area contributed by atoms with E-state index in [1.165, 1.54) is 18.2 Å². The molecule has 1 fully saturated rings. The van der Waals surface area contributed by atoms with Crippen molar-refractivity contribution in [1.29, 1.82) is 0 Å². The number of ether oxygens (including phenoxy) is 1. The third-order valence-corrected chi connectivity index (χ3v) is 5.65. The highest BCUT2D eigenvalue weighted by Crippen LogP contribution is 2.43. The van der Waals surface area contributed by atoms with E-state index < -0.39 is 54.1 Å². The van der Waals surface area contributed by atoms with Gasteiger partial charge in [-0.05, 0) is 30.7 Å². The van der Waals surface area contributed by atoms with E-state index >= 15 is 0 Å². The Bertz CT molecular complexity index is 1230. The van der Waals surface area contributed by atoms with Crippen molar-refractivity contribution in [1.82, 2.24) is 0 Å². The molecule has 2 heterocycles. The van der Waals surface area contributed by atoms with E-state index in [0.717, 1.165) is 12.1 Å². The summed E-state index contributed by atoms with van der Waals surface area (Å²) in [5.74, 6) is -1.11. The molecule has 7 N–H and O–H groups in total. The summed E-state index contributed by atoms with van der Waals surface area (Å²) in [4.78, 5) is 12.9. The molecular formula is C22H22O10. The van der Waals surface area contributed by atoms with Crippen molar-refractivity contribution in [3.63, 3.8) is 0 Å². The summed E-state index contributed by atoms with van der Waals surface area (Å²) in [6, 6.07) is 6.38. The molecule has 2 aromatic carbocycles. The summed E-state index contributed by atoms with van der Waals surface area (Å²) in [7, 11) is 0. The van der Waals surface area contributed by atoms with Gasteiger partial charge in [0.15, 0.2) is 11.0 Å². The number of aryl methyl sites for hydroxylation is 1. The summed E-state index contributed by atoms with van der Waals surface area (Å²) in [5.41, 5.74) is -0.181. The SMILES string of the molecule is Cc1cc(O)ccc1-c1cc(=O)c2c(O)cc(O)c(C3OC(CO)C(O)C(O)C3O)c2o1. The first-order valence-electron chi connectivity index (χ1n) is 9.77. The average Bonchev–Trinajstić information content (AvgIpc) is 2.73. The molecule has 10 nitrogen and oxygen atoms in total. The number of phenols is 3. The van der Waals surface area contributed by atoms with Gasteiger partial charge in [-0.25, -0.2) is 0 Å². The lowest BCUT2D eigenvalue weighted by atomic mass is 9.89. The number of rotatable bonds is 3. The van der Waals surface area contributed by atoms with Gasteiger partial charge in [-0.1, -0.05) is 0 Å². The Kier molecular flexibility index (Phi) is 5.57. The molecule has 1 aliphatic rings. The van der Waals surface area contributed by atoms with Crippen molar-refractivity contribution in [3.8, 4) is 28.6 Å². The molecule has 32 heavy (non-hydrogen) atoms. The molecule has 5 unspecified atom stereocenters. The topological polar surface area (TPSA) is 181 Å². The number of aliphatic hydroxyl groups excluding tert-OH is 4. The van der Waals surface area contributed by atoms with Gasteiger partial charge < -0.3 is 44.9 Å². The largest absolute Gasteiger partial charge is 0.508 e. The fourth-order valence-electron chi connectivity index (χ4n) is 3.99. The molecule has 0 spiro atoms. The van der Waals surface area contributed by atoms with Gasteiger partial charge in [0.25, 0.3) is 0 Å². The predicted molar refractivity (Wildman–Crippen MR) is 110 cm³/mol. The fraction of sp³-hybridized carbons (Fsp3) is 0.318. The van der Waals surface area contributed by atoms with Crippen LogP contribution < -0.4 is 5.43 Å². The molecular weight excluding hydrogens is 424 g/mol. The van der Waals surface area contributed by atoms with Gasteiger partial charge in [0.05, 0.1) is 12.2 Å². The molecule has 3 aromatic rings. The van der Waals surface area contributed by atoms with Crippen molar-refractivity contribution in [3.05, 3.63) is 51.7 Å². The van der Waals surface area contributed by atoms with Gasteiger partial charge in [-0.3, -0.25) is 4.79 Å². The first kappa shape index (κ1) is 22.1. The summed E-state index contributed by atoms with van der Waals surface area (Å²) < 4.78 is 11.4. The third-order valence-electron chi connectivity index (χ3n) is 5.65. The number of benzene rings is 2. The number of phenolic OH excluding ortho intramolecular Hbond substituents is 3. The highest BCUT2D eigenvalue weighted by Gasteiger charge is 2.46. The number of fused-ring (bicyclic) bond motifs is 1. The summed E-state index contributed by atoms with van der Waals surface area (Å²) in [5, 5.41) is 70.4. The van der Waals surface area contributed by atoms with E-state index in [1.54, 1.807) is 6.92 Å². The van der Waals surface area contributed by atoms with Crippen LogP contribution in [0.15, 0.2) is 39.5 Å². The molecule has 0 aliphatic carbocycles. The number of hydrogen-bond donors (Lipinski definition) is 7. The minimum absolute atomic E-state index is 0.00619. The highest BCUT2D eigenvalue weighted by molar-refractivity contribution is 5.89. The molecule has 1 aromatic heterocycles. The van der Waals surface area contributed by atoms with Crippen LogP contribution in [0, 0.1) is 6.92 Å². The summed E-state index contributed by atoms with van der Waals surface area (Å²) in [6.07, 6.45) is -7.89. The quantitative estimate of drug-likeness (QED) is 0.297. The van der Waals surface area contributed by atoms with Crippen LogP contribution in [0.2, 0.25) is 0 Å². The van der Waals surface area contributed by atoms with E-state index in [-0.39, 0.29) is 28.0 Å². The second-order valence-electron chi connectivity index (χ2n) is 7.76. The molecule has 10 heteroatoms. The van der Waals surface area contributed by atoms with Gasteiger partial charge in [-0.15, -0.1) is 0 Å². The molecule has 0 amide bonds. The second kappa shape index (κ2) is 8.08. The lowest BCUT2D eigenvalue weighted by Gasteiger charge is -2.40. The lowest BCUT2D eigenvalue weighted by Crippen LogP contribution is -2.55. The highest BCUT2D eigenvalue weighted by atomic mass is 16.5. The van der Waals surface area contributed by atoms with E-state index in [9.17, 15) is 40.5 Å². The Morgan fingerprint density at radius 2 is 1.66 bits per heavy atom. The minimum atomic E-state index is -1.75. The van der Waals surface area contributed by atoms with Gasteiger partial charge in [-0.2, -0.15) is 0 Å². The van der Waals surface area contributed by atoms with Crippen LogP contribution in [0.4, 0.5) is 0 Å². The van der Waals surface area contributed by atoms with Gasteiger partial charge >= 0.3 is 0 Å². The van der Waals surface area contributed by atoms with Crippen molar-refractivity contribution < 1.29 is 44.9 Å². The molecule has 0 saturated carbocycles. The van der Waals surface area contributed by atoms with Crippen LogP contribution in [0.1, 0.15) is 17.2 Å². The van der Waals surface area contributed by atoms with E-state index in [2.05, 4.69) is 0 Å². The number of hydrogen-bond acceptors (Lipinski definition) is 10. The first-order chi connectivity index (χ1) is 15.1. The molecule has 170 valence electrons. The van der Waals surface area contributed by atoms with E-state index in [4.69, 9.17) is 9.15 Å². The minimum Gasteiger partial charge on any atom is -0.508 e. The number of aromatic hydroxyl groups is 3. The standard InChI is InChI=1S/C22H22O10/c1-8-4-9(24)2-3-10(8)14-6-13(27)16-11(25)5-12(26)17(21(16)31-14)22-20(30)19(29)18(28)15(7-23)32-22/h2-6,15,18-20,22-26,28-30H,7H2,1H3. The maximum atomic E-state index is 12.9. The van der Waals surface area contributed by atoms with Gasteiger partial charge in [0.1, 0.15) is 58.9 Å². The van der Waals surface area contributed by atoms with Crippen molar-refractivity contribution >= 4 is 11.0 Å². The molecule has 5 atom stereocenters. The molecule has 1 aliphatic heterocycles. The third kappa shape index (κ3) is 3.48. The zero-order valence-electron chi connectivity index (χ0n) is 16.8. The Morgan fingerprint density at radius 1 is 0.938 bits per heavy atom. The van der Waals surface area contributed by atoms with Gasteiger partial charge in [0, 0.05) is 17.7 Å². The van der Waals surface area contributed by atoms with Crippen LogP contribution in [-0.4, -0.2) is 66.8 Å². The van der Waals surface area contributed by atoms with Crippen molar-refractivity contribution in [2.45, 2.75) is 37.4 Å². The van der Waals surface area contributed by atoms with Crippen LogP contribution in [0.5, 0.6) is 17.2 Å². The predicted octanol–water partition coefficient (Wildman–Crippen LogP) is 0.400. The maximum absolute atomic E-state index is 12.9. The fourth-order valence-corrected chi connectivity index (χ4v) is 3.99. The van der Waals surface area contributed by atoms with Crippen molar-refractivity contribution in [2.75, 3.05) is 6.61 Å². The Hall–Kier alpha value is -3.15. The molecule has 0 radical (unpaired) electrons. The van der Waals surface area contributed by atoms with Crippen LogP contribution in [0.3, 0.4) is 0 Å². The average molecular weight is 446 g/mol. The lowest BCUT2D eigenvalue weighted by molar-refractivity contribution is -0.231. The first-order valence-corrected chi connectivity index (χ1v) is 9.77. The Morgan fingerprint density at radius 3 is 2.31 bits per heavy atom. The van der Waals surface area contributed by atoms with Crippen LogP contribution in [0.25, 0.3) is 22.3 Å².